The quantitative estimate of drug-likeness (QED) is 0.843. The Balaban J connectivity index is 2.25. The van der Waals surface area contributed by atoms with Crippen molar-refractivity contribution in [1.82, 2.24) is 0 Å². The van der Waals surface area contributed by atoms with E-state index in [-0.39, 0.29) is 5.56 Å². The van der Waals surface area contributed by atoms with Gasteiger partial charge >= 0.3 is 5.97 Å². The number of carbonyl (C=O) groups is 1. The molecule has 0 heterocycles. The SMILES string of the molecule is C=CCOc1ccc(-c2ccc(C(=O)O)c(F)c2)cc1. The number of hydrogen-bond acceptors (Lipinski definition) is 2. The molecular formula is C16H13FO3. The lowest BCUT2D eigenvalue weighted by Gasteiger charge is -2.06. The second-order valence-electron chi connectivity index (χ2n) is 4.12. The van der Waals surface area contributed by atoms with Crippen molar-refractivity contribution in [3.63, 3.8) is 0 Å². The molecule has 2 aromatic carbocycles. The molecule has 0 unspecified atom stereocenters. The topological polar surface area (TPSA) is 46.5 Å². The van der Waals surface area contributed by atoms with Crippen molar-refractivity contribution in [2.75, 3.05) is 6.61 Å². The zero-order chi connectivity index (χ0) is 14.5. The zero-order valence-electron chi connectivity index (χ0n) is 10.7. The molecule has 1 N–H and O–H groups in total. The van der Waals surface area contributed by atoms with Gasteiger partial charge in [-0.15, -0.1) is 0 Å². The number of ether oxygens (including phenoxy) is 1. The summed E-state index contributed by atoms with van der Waals surface area (Å²) in [5, 5.41) is 8.78. The lowest BCUT2D eigenvalue weighted by atomic mass is 10.0. The number of rotatable bonds is 5. The van der Waals surface area contributed by atoms with E-state index in [2.05, 4.69) is 6.58 Å². The van der Waals surface area contributed by atoms with Crippen LogP contribution in [0.2, 0.25) is 0 Å². The largest absolute Gasteiger partial charge is 0.490 e. The molecule has 0 aliphatic rings. The highest BCUT2D eigenvalue weighted by atomic mass is 19.1. The van der Waals surface area contributed by atoms with E-state index in [0.717, 1.165) is 5.56 Å². The maximum absolute atomic E-state index is 13.6. The molecular weight excluding hydrogens is 259 g/mol. The minimum atomic E-state index is -1.28. The number of carboxylic acid groups (broad SMARTS) is 1. The van der Waals surface area contributed by atoms with Crippen molar-refractivity contribution >= 4 is 5.97 Å². The molecule has 0 amide bonds. The first-order valence-electron chi connectivity index (χ1n) is 5.99. The van der Waals surface area contributed by atoms with Crippen molar-refractivity contribution in [3.05, 3.63) is 66.5 Å². The van der Waals surface area contributed by atoms with E-state index in [1.54, 1.807) is 36.4 Å². The molecule has 0 spiro atoms. The number of aromatic carboxylic acids is 1. The smallest absolute Gasteiger partial charge is 0.338 e. The van der Waals surface area contributed by atoms with Crippen LogP contribution >= 0.6 is 0 Å². The lowest BCUT2D eigenvalue weighted by Crippen LogP contribution is -2.00. The molecule has 102 valence electrons. The predicted molar refractivity (Wildman–Crippen MR) is 74.5 cm³/mol. The molecule has 0 aromatic heterocycles. The highest BCUT2D eigenvalue weighted by Crippen LogP contribution is 2.24. The Bertz CT molecular complexity index is 633. The number of halogens is 1. The Hall–Kier alpha value is -2.62. The minimum Gasteiger partial charge on any atom is -0.490 e. The fourth-order valence-corrected chi connectivity index (χ4v) is 1.77. The molecule has 0 atom stereocenters. The fraction of sp³-hybridized carbons (Fsp3) is 0.0625. The summed E-state index contributed by atoms with van der Waals surface area (Å²) in [6.07, 6.45) is 1.65. The van der Waals surface area contributed by atoms with Crippen molar-refractivity contribution < 1.29 is 19.0 Å². The van der Waals surface area contributed by atoms with E-state index in [1.807, 2.05) is 0 Å². The Labute approximate surface area is 115 Å². The van der Waals surface area contributed by atoms with E-state index >= 15 is 0 Å². The van der Waals surface area contributed by atoms with Gasteiger partial charge in [-0.05, 0) is 35.4 Å². The van der Waals surface area contributed by atoms with Crippen LogP contribution in [0.25, 0.3) is 11.1 Å². The second-order valence-corrected chi connectivity index (χ2v) is 4.12. The maximum atomic E-state index is 13.6. The summed E-state index contributed by atoms with van der Waals surface area (Å²) in [6, 6.07) is 11.1. The minimum absolute atomic E-state index is 0.334. The van der Waals surface area contributed by atoms with Crippen LogP contribution in [0.15, 0.2) is 55.1 Å². The Morgan fingerprint density at radius 3 is 2.40 bits per heavy atom. The monoisotopic (exact) mass is 272 g/mol. The summed E-state index contributed by atoms with van der Waals surface area (Å²) in [4.78, 5) is 10.8. The van der Waals surface area contributed by atoms with Crippen LogP contribution in [-0.2, 0) is 0 Å². The predicted octanol–water partition coefficient (Wildman–Crippen LogP) is 3.76. The van der Waals surface area contributed by atoms with Crippen LogP contribution in [0.5, 0.6) is 5.75 Å². The molecule has 0 aliphatic heterocycles. The third-order valence-corrected chi connectivity index (χ3v) is 2.75. The van der Waals surface area contributed by atoms with Crippen LogP contribution < -0.4 is 4.74 Å². The molecule has 0 fully saturated rings. The van der Waals surface area contributed by atoms with E-state index in [4.69, 9.17) is 9.84 Å². The zero-order valence-corrected chi connectivity index (χ0v) is 10.7. The van der Waals surface area contributed by atoms with Gasteiger partial charge in [0.2, 0.25) is 0 Å². The van der Waals surface area contributed by atoms with Gasteiger partial charge in [-0.1, -0.05) is 30.9 Å². The van der Waals surface area contributed by atoms with Crippen LogP contribution in [0, 0.1) is 5.82 Å². The third kappa shape index (κ3) is 3.03. The number of benzene rings is 2. The van der Waals surface area contributed by atoms with E-state index in [0.29, 0.717) is 17.9 Å². The summed E-state index contributed by atoms with van der Waals surface area (Å²) >= 11 is 0. The number of carboxylic acids is 1. The highest BCUT2D eigenvalue weighted by molar-refractivity contribution is 5.88. The molecule has 0 saturated heterocycles. The summed E-state index contributed by atoms with van der Waals surface area (Å²) in [5.41, 5.74) is 1.06. The molecule has 2 aromatic rings. The van der Waals surface area contributed by atoms with Gasteiger partial charge in [-0.2, -0.15) is 0 Å². The number of hydrogen-bond donors (Lipinski definition) is 1. The Morgan fingerprint density at radius 1 is 1.20 bits per heavy atom. The van der Waals surface area contributed by atoms with Gasteiger partial charge < -0.3 is 9.84 Å². The highest BCUT2D eigenvalue weighted by Gasteiger charge is 2.11. The molecule has 0 radical (unpaired) electrons. The summed E-state index contributed by atoms with van der Waals surface area (Å²) < 4.78 is 19.0. The van der Waals surface area contributed by atoms with Crippen molar-refractivity contribution in [2.45, 2.75) is 0 Å². The molecule has 0 saturated carbocycles. The average molecular weight is 272 g/mol. The first-order valence-corrected chi connectivity index (χ1v) is 5.99. The Morgan fingerprint density at radius 2 is 1.85 bits per heavy atom. The molecule has 2 rings (SSSR count). The van der Waals surface area contributed by atoms with Crippen LogP contribution in [0.1, 0.15) is 10.4 Å². The molecule has 3 nitrogen and oxygen atoms in total. The maximum Gasteiger partial charge on any atom is 0.338 e. The third-order valence-electron chi connectivity index (χ3n) is 2.75. The first-order chi connectivity index (χ1) is 9.61. The van der Waals surface area contributed by atoms with Crippen LogP contribution in [0.3, 0.4) is 0 Å². The van der Waals surface area contributed by atoms with Crippen molar-refractivity contribution in [2.24, 2.45) is 0 Å². The molecule has 0 bridgehead atoms. The molecule has 20 heavy (non-hydrogen) atoms. The van der Waals surface area contributed by atoms with Crippen molar-refractivity contribution in [3.8, 4) is 16.9 Å². The Kier molecular flexibility index (Phi) is 4.15. The summed E-state index contributed by atoms with van der Waals surface area (Å²) in [6.45, 7) is 3.98. The van der Waals surface area contributed by atoms with Gasteiger partial charge in [0.25, 0.3) is 0 Å². The van der Waals surface area contributed by atoms with Gasteiger partial charge in [-0.25, -0.2) is 9.18 Å². The average Bonchev–Trinajstić information content (AvgIpc) is 2.45. The normalized spacial score (nSPS) is 10.1. The van der Waals surface area contributed by atoms with Gasteiger partial charge in [-0.3, -0.25) is 0 Å². The van der Waals surface area contributed by atoms with Gasteiger partial charge in [0.1, 0.15) is 18.2 Å². The van der Waals surface area contributed by atoms with Crippen LogP contribution in [0.4, 0.5) is 4.39 Å². The van der Waals surface area contributed by atoms with E-state index in [1.165, 1.54) is 12.1 Å². The molecule has 0 aliphatic carbocycles. The lowest BCUT2D eigenvalue weighted by molar-refractivity contribution is 0.0692. The van der Waals surface area contributed by atoms with E-state index in [9.17, 15) is 9.18 Å². The summed E-state index contributed by atoms with van der Waals surface area (Å²) in [5.74, 6) is -1.33. The summed E-state index contributed by atoms with van der Waals surface area (Å²) in [7, 11) is 0. The van der Waals surface area contributed by atoms with Gasteiger partial charge in [0.05, 0.1) is 5.56 Å². The fourth-order valence-electron chi connectivity index (χ4n) is 1.77. The second kappa shape index (κ2) is 6.02. The van der Waals surface area contributed by atoms with Gasteiger partial charge in [0, 0.05) is 0 Å². The first kappa shape index (κ1) is 13.8. The molecule has 4 heteroatoms. The van der Waals surface area contributed by atoms with Gasteiger partial charge in [0.15, 0.2) is 0 Å². The van der Waals surface area contributed by atoms with Crippen LogP contribution in [-0.4, -0.2) is 17.7 Å². The standard InChI is InChI=1S/C16H13FO3/c1-2-9-20-13-6-3-11(4-7-13)12-5-8-14(16(18)19)15(17)10-12/h2-8,10H,1,9H2,(H,18,19). The van der Waals surface area contributed by atoms with E-state index < -0.39 is 11.8 Å². The van der Waals surface area contributed by atoms with Crippen molar-refractivity contribution in [1.29, 1.82) is 0 Å².